The minimum Gasteiger partial charge on any atom is -0.380 e. The summed E-state index contributed by atoms with van der Waals surface area (Å²) in [7, 11) is 1.65. The molecule has 1 heterocycles. The topological polar surface area (TPSA) is 31.2 Å². The van der Waals surface area contributed by atoms with Gasteiger partial charge in [0.05, 0.1) is 12.6 Å². The van der Waals surface area contributed by atoms with E-state index in [0.717, 1.165) is 9.13 Å². The molecule has 3 nitrogen and oxygen atoms in total. The minimum atomic E-state index is 0.0341. The Bertz CT molecular complexity index is 373. The SMILES string of the molecule is COC(C)Cn1cc(I)c(C)cc1=O. The Hall–Kier alpha value is -0.360. The van der Waals surface area contributed by atoms with Gasteiger partial charge in [0.1, 0.15) is 0 Å². The summed E-state index contributed by atoms with van der Waals surface area (Å²) in [5, 5.41) is 0. The smallest absolute Gasteiger partial charge is 0.250 e. The Morgan fingerprint density at radius 3 is 2.86 bits per heavy atom. The monoisotopic (exact) mass is 307 g/mol. The van der Waals surface area contributed by atoms with Crippen LogP contribution in [-0.2, 0) is 11.3 Å². The summed E-state index contributed by atoms with van der Waals surface area (Å²) in [6.45, 7) is 4.48. The summed E-state index contributed by atoms with van der Waals surface area (Å²) in [5.74, 6) is 0. The molecule has 0 saturated heterocycles. The third kappa shape index (κ3) is 2.81. The largest absolute Gasteiger partial charge is 0.380 e. The molecule has 0 aliphatic carbocycles. The van der Waals surface area contributed by atoms with Gasteiger partial charge in [0, 0.05) is 22.9 Å². The third-order valence-corrected chi connectivity index (χ3v) is 3.25. The van der Waals surface area contributed by atoms with Gasteiger partial charge in [-0.2, -0.15) is 0 Å². The van der Waals surface area contributed by atoms with Gasteiger partial charge < -0.3 is 9.30 Å². The third-order valence-electron chi connectivity index (χ3n) is 2.13. The first kappa shape index (κ1) is 11.7. The van der Waals surface area contributed by atoms with Crippen molar-refractivity contribution >= 4 is 22.6 Å². The lowest BCUT2D eigenvalue weighted by Crippen LogP contribution is -2.26. The molecule has 1 unspecified atom stereocenters. The Balaban J connectivity index is 2.98. The fourth-order valence-electron chi connectivity index (χ4n) is 1.13. The van der Waals surface area contributed by atoms with E-state index in [-0.39, 0.29) is 11.7 Å². The first-order valence-corrected chi connectivity index (χ1v) is 5.52. The highest BCUT2D eigenvalue weighted by atomic mass is 127. The molecule has 0 saturated carbocycles. The Morgan fingerprint density at radius 1 is 1.64 bits per heavy atom. The predicted octanol–water partition coefficient (Wildman–Crippen LogP) is 1.80. The maximum atomic E-state index is 11.5. The number of hydrogen-bond donors (Lipinski definition) is 0. The lowest BCUT2D eigenvalue weighted by atomic mass is 10.3. The maximum absolute atomic E-state index is 11.5. The number of rotatable bonds is 3. The fourth-order valence-corrected chi connectivity index (χ4v) is 1.63. The number of pyridine rings is 1. The standard InChI is InChI=1S/C10H14INO2/c1-7-4-10(13)12(6-9(7)11)5-8(2)14-3/h4,6,8H,5H2,1-3H3. The van der Waals surface area contributed by atoms with Gasteiger partial charge in [0.25, 0.3) is 5.56 Å². The molecule has 1 atom stereocenters. The van der Waals surface area contributed by atoms with Gasteiger partial charge in [-0.3, -0.25) is 4.79 Å². The molecule has 0 N–H and O–H groups in total. The molecule has 14 heavy (non-hydrogen) atoms. The summed E-state index contributed by atoms with van der Waals surface area (Å²) >= 11 is 2.22. The molecule has 0 aromatic carbocycles. The molecule has 0 amide bonds. The van der Waals surface area contributed by atoms with Gasteiger partial charge in [-0.05, 0) is 42.0 Å². The van der Waals surface area contributed by atoms with Crippen molar-refractivity contribution in [3.8, 4) is 0 Å². The van der Waals surface area contributed by atoms with Crippen LogP contribution in [0.1, 0.15) is 12.5 Å². The molecular formula is C10H14INO2. The first-order valence-electron chi connectivity index (χ1n) is 4.44. The molecule has 1 aromatic rings. The van der Waals surface area contributed by atoms with Crippen LogP contribution in [0.25, 0.3) is 0 Å². The molecule has 0 bridgehead atoms. The number of nitrogens with zero attached hydrogens (tertiary/aromatic N) is 1. The van der Waals surface area contributed by atoms with Crippen molar-refractivity contribution in [2.24, 2.45) is 0 Å². The summed E-state index contributed by atoms with van der Waals surface area (Å²) in [6.07, 6.45) is 1.93. The van der Waals surface area contributed by atoms with Crippen molar-refractivity contribution in [1.82, 2.24) is 4.57 Å². The van der Waals surface area contributed by atoms with Crippen molar-refractivity contribution < 1.29 is 4.74 Å². The van der Waals surface area contributed by atoms with E-state index >= 15 is 0 Å². The second-order valence-electron chi connectivity index (χ2n) is 3.34. The van der Waals surface area contributed by atoms with Crippen LogP contribution in [0.15, 0.2) is 17.1 Å². The van der Waals surface area contributed by atoms with Crippen LogP contribution in [0, 0.1) is 10.5 Å². The van der Waals surface area contributed by atoms with E-state index in [2.05, 4.69) is 22.6 Å². The first-order chi connectivity index (χ1) is 6.54. The molecule has 1 rings (SSSR count). The summed E-state index contributed by atoms with van der Waals surface area (Å²) in [4.78, 5) is 11.5. The molecule has 1 aromatic heterocycles. The average Bonchev–Trinajstić information content (AvgIpc) is 2.14. The Kier molecular flexibility index (Phi) is 4.12. The summed E-state index contributed by atoms with van der Waals surface area (Å²) in [6, 6.07) is 1.66. The average molecular weight is 307 g/mol. The van der Waals surface area contributed by atoms with Gasteiger partial charge in [0.2, 0.25) is 0 Å². The molecule has 0 spiro atoms. The van der Waals surface area contributed by atoms with E-state index < -0.39 is 0 Å². The van der Waals surface area contributed by atoms with Crippen molar-refractivity contribution in [1.29, 1.82) is 0 Å². The highest BCUT2D eigenvalue weighted by Crippen LogP contribution is 2.07. The lowest BCUT2D eigenvalue weighted by molar-refractivity contribution is 0.102. The van der Waals surface area contributed by atoms with E-state index in [1.165, 1.54) is 0 Å². The lowest BCUT2D eigenvalue weighted by Gasteiger charge is -2.12. The second kappa shape index (κ2) is 4.93. The zero-order valence-corrected chi connectivity index (χ0v) is 10.7. The van der Waals surface area contributed by atoms with Crippen molar-refractivity contribution in [3.63, 3.8) is 0 Å². The number of aromatic nitrogens is 1. The van der Waals surface area contributed by atoms with E-state index in [0.29, 0.717) is 6.54 Å². The van der Waals surface area contributed by atoms with Crippen LogP contribution in [0.5, 0.6) is 0 Å². The van der Waals surface area contributed by atoms with Gasteiger partial charge >= 0.3 is 0 Å². The van der Waals surface area contributed by atoms with Crippen LogP contribution in [0.3, 0.4) is 0 Å². The molecule has 0 fully saturated rings. The molecule has 4 heteroatoms. The van der Waals surface area contributed by atoms with E-state index in [1.54, 1.807) is 17.7 Å². The van der Waals surface area contributed by atoms with Crippen LogP contribution in [0.4, 0.5) is 0 Å². The van der Waals surface area contributed by atoms with E-state index in [4.69, 9.17) is 4.74 Å². The molecule has 78 valence electrons. The highest BCUT2D eigenvalue weighted by molar-refractivity contribution is 14.1. The van der Waals surface area contributed by atoms with Gasteiger partial charge in [0.15, 0.2) is 0 Å². The number of halogens is 1. The highest BCUT2D eigenvalue weighted by Gasteiger charge is 2.04. The van der Waals surface area contributed by atoms with Crippen molar-refractivity contribution in [2.75, 3.05) is 7.11 Å². The van der Waals surface area contributed by atoms with Gasteiger partial charge in [-0.1, -0.05) is 0 Å². The Morgan fingerprint density at radius 2 is 2.29 bits per heavy atom. The number of hydrogen-bond acceptors (Lipinski definition) is 2. The summed E-state index contributed by atoms with van der Waals surface area (Å²) in [5.41, 5.74) is 1.06. The Labute approximate surface area is 97.2 Å². The minimum absolute atomic E-state index is 0.0341. The van der Waals surface area contributed by atoms with E-state index in [9.17, 15) is 4.79 Å². The van der Waals surface area contributed by atoms with Crippen molar-refractivity contribution in [2.45, 2.75) is 26.5 Å². The number of aryl methyl sites for hydroxylation is 1. The van der Waals surface area contributed by atoms with Gasteiger partial charge in [-0.25, -0.2) is 0 Å². The zero-order valence-electron chi connectivity index (χ0n) is 8.58. The van der Waals surface area contributed by atoms with Gasteiger partial charge in [-0.15, -0.1) is 0 Å². The van der Waals surface area contributed by atoms with Crippen LogP contribution in [0.2, 0.25) is 0 Å². The predicted molar refractivity (Wildman–Crippen MR) is 64.6 cm³/mol. The fraction of sp³-hybridized carbons (Fsp3) is 0.500. The number of methoxy groups -OCH3 is 1. The molecular weight excluding hydrogens is 293 g/mol. The van der Waals surface area contributed by atoms with Crippen LogP contribution >= 0.6 is 22.6 Å². The quantitative estimate of drug-likeness (QED) is 0.797. The van der Waals surface area contributed by atoms with Crippen LogP contribution in [-0.4, -0.2) is 17.8 Å². The van der Waals surface area contributed by atoms with Crippen LogP contribution < -0.4 is 5.56 Å². The summed E-state index contributed by atoms with van der Waals surface area (Å²) < 4.78 is 7.90. The second-order valence-corrected chi connectivity index (χ2v) is 4.50. The maximum Gasteiger partial charge on any atom is 0.250 e. The van der Waals surface area contributed by atoms with Crippen molar-refractivity contribution in [3.05, 3.63) is 31.8 Å². The zero-order chi connectivity index (χ0) is 10.7. The molecule has 0 aliphatic heterocycles. The molecule has 0 radical (unpaired) electrons. The van der Waals surface area contributed by atoms with E-state index in [1.807, 2.05) is 20.0 Å². The normalized spacial score (nSPS) is 12.9. The molecule has 0 aliphatic rings. The number of ether oxygens (including phenoxy) is 1.